The molecule has 3 aromatic rings. The number of nitrogens with zero attached hydrogens (tertiary/aromatic N) is 3. The number of amides is 2. The number of halogens is 1. The molecule has 1 atom stereocenters. The Morgan fingerprint density at radius 2 is 1.88 bits per heavy atom. The molecule has 32 heavy (non-hydrogen) atoms. The third-order valence-electron chi connectivity index (χ3n) is 5.67. The maximum absolute atomic E-state index is 13.5. The maximum Gasteiger partial charge on any atom is 0.272 e. The normalized spacial score (nSPS) is 14.6. The lowest BCUT2D eigenvalue weighted by atomic mass is 10.1. The molecule has 6 nitrogen and oxygen atoms in total. The van der Waals surface area contributed by atoms with Crippen LogP contribution in [0.2, 0.25) is 0 Å². The fraction of sp³-hybridized carbons (Fsp3) is 0.320. The van der Waals surface area contributed by atoms with Gasteiger partial charge in [0.25, 0.3) is 11.8 Å². The molecule has 0 saturated heterocycles. The number of carbonyl (C=O) groups is 2. The number of nitrogens with one attached hydrogen (secondary N) is 1. The first-order valence-corrected chi connectivity index (χ1v) is 11.0. The molecular weight excluding hydrogens is 407 g/mol. The van der Waals surface area contributed by atoms with Crippen molar-refractivity contribution in [2.24, 2.45) is 0 Å². The van der Waals surface area contributed by atoms with E-state index in [1.54, 1.807) is 27.8 Å². The van der Waals surface area contributed by atoms with Crippen LogP contribution in [0.5, 0.6) is 0 Å². The Morgan fingerprint density at radius 3 is 2.66 bits per heavy atom. The van der Waals surface area contributed by atoms with Gasteiger partial charge in [-0.25, -0.2) is 4.39 Å². The molecule has 166 valence electrons. The van der Waals surface area contributed by atoms with Gasteiger partial charge in [0.1, 0.15) is 11.5 Å². The average Bonchev–Trinajstić information content (AvgIpc) is 3.16. The molecule has 0 saturated carbocycles. The Kier molecular flexibility index (Phi) is 6.63. The largest absolute Gasteiger partial charge is 0.348 e. The van der Waals surface area contributed by atoms with Gasteiger partial charge in [-0.1, -0.05) is 42.5 Å². The fourth-order valence-corrected chi connectivity index (χ4v) is 3.95. The highest BCUT2D eigenvalue weighted by Gasteiger charge is 2.26. The first-order chi connectivity index (χ1) is 15.5. The van der Waals surface area contributed by atoms with Crippen LogP contribution in [0.25, 0.3) is 0 Å². The van der Waals surface area contributed by atoms with Crippen molar-refractivity contribution >= 4 is 11.8 Å². The highest BCUT2D eigenvalue weighted by molar-refractivity contribution is 5.98. The van der Waals surface area contributed by atoms with Crippen LogP contribution >= 0.6 is 0 Å². The number of benzene rings is 2. The molecule has 4 rings (SSSR count). The standard InChI is InChI=1S/C25H27FN4O2/c1-18(11-12-19-7-3-2-4-8-19)27-24(31)22-16-23-25(32)29(13-6-14-30(23)28-22)17-20-9-5-10-21(26)15-20/h2-5,7-10,15-16,18H,6,11-14,17H2,1H3,(H,27,31). The van der Waals surface area contributed by atoms with E-state index >= 15 is 0 Å². The topological polar surface area (TPSA) is 67.2 Å². The van der Waals surface area contributed by atoms with Gasteiger partial charge in [0, 0.05) is 31.7 Å². The molecule has 0 fully saturated rings. The molecule has 1 N–H and O–H groups in total. The summed E-state index contributed by atoms with van der Waals surface area (Å²) in [5.74, 6) is -0.804. The van der Waals surface area contributed by atoms with Gasteiger partial charge in [-0.05, 0) is 49.4 Å². The van der Waals surface area contributed by atoms with E-state index in [1.165, 1.54) is 17.7 Å². The van der Waals surface area contributed by atoms with Crippen molar-refractivity contribution in [3.8, 4) is 0 Å². The summed E-state index contributed by atoms with van der Waals surface area (Å²) in [6, 6.07) is 17.9. The third-order valence-corrected chi connectivity index (χ3v) is 5.67. The zero-order valence-electron chi connectivity index (χ0n) is 18.1. The van der Waals surface area contributed by atoms with Crippen LogP contribution in [0.15, 0.2) is 60.7 Å². The van der Waals surface area contributed by atoms with E-state index in [2.05, 4.69) is 22.5 Å². The molecule has 2 aromatic carbocycles. The van der Waals surface area contributed by atoms with E-state index in [-0.39, 0.29) is 29.4 Å². The van der Waals surface area contributed by atoms with Gasteiger partial charge in [0.2, 0.25) is 0 Å². The third kappa shape index (κ3) is 5.22. The summed E-state index contributed by atoms with van der Waals surface area (Å²) in [6.07, 6.45) is 2.39. The number of hydrogen-bond acceptors (Lipinski definition) is 3. The smallest absolute Gasteiger partial charge is 0.272 e. The molecule has 0 radical (unpaired) electrons. The van der Waals surface area contributed by atoms with Crippen LogP contribution in [0, 0.1) is 5.82 Å². The van der Waals surface area contributed by atoms with E-state index in [1.807, 2.05) is 25.1 Å². The maximum atomic E-state index is 13.5. The van der Waals surface area contributed by atoms with Crippen molar-refractivity contribution < 1.29 is 14.0 Å². The number of hydrogen-bond donors (Lipinski definition) is 1. The highest BCUT2D eigenvalue weighted by atomic mass is 19.1. The number of aromatic nitrogens is 2. The van der Waals surface area contributed by atoms with E-state index in [9.17, 15) is 14.0 Å². The lowest BCUT2D eigenvalue weighted by molar-refractivity contribution is 0.0745. The summed E-state index contributed by atoms with van der Waals surface area (Å²) in [5.41, 5.74) is 2.59. The molecule has 1 aliphatic heterocycles. The lowest BCUT2D eigenvalue weighted by Crippen LogP contribution is -2.33. The molecule has 2 amide bonds. The summed E-state index contributed by atoms with van der Waals surface area (Å²) in [5, 5.41) is 7.37. The highest BCUT2D eigenvalue weighted by Crippen LogP contribution is 2.17. The van der Waals surface area contributed by atoms with Crippen molar-refractivity contribution in [2.75, 3.05) is 6.54 Å². The summed E-state index contributed by atoms with van der Waals surface area (Å²) in [4.78, 5) is 27.5. The molecule has 1 aliphatic rings. The van der Waals surface area contributed by atoms with Gasteiger partial charge < -0.3 is 10.2 Å². The Bertz CT molecular complexity index is 1100. The summed E-state index contributed by atoms with van der Waals surface area (Å²) < 4.78 is 15.1. The SMILES string of the molecule is CC(CCc1ccccc1)NC(=O)c1cc2n(n1)CCCN(Cc1cccc(F)c1)C2=O. The van der Waals surface area contributed by atoms with Gasteiger partial charge >= 0.3 is 0 Å². The summed E-state index contributed by atoms with van der Waals surface area (Å²) in [7, 11) is 0. The van der Waals surface area contributed by atoms with E-state index in [4.69, 9.17) is 0 Å². The first-order valence-electron chi connectivity index (χ1n) is 11.0. The van der Waals surface area contributed by atoms with Crippen LogP contribution in [-0.4, -0.2) is 39.1 Å². The second-order valence-corrected chi connectivity index (χ2v) is 8.25. The number of fused-ring (bicyclic) bond motifs is 1. The zero-order valence-corrected chi connectivity index (χ0v) is 18.1. The minimum Gasteiger partial charge on any atom is -0.348 e. The second-order valence-electron chi connectivity index (χ2n) is 8.25. The number of carbonyl (C=O) groups excluding carboxylic acids is 2. The van der Waals surface area contributed by atoms with E-state index in [0.29, 0.717) is 31.7 Å². The Labute approximate surface area is 187 Å². The van der Waals surface area contributed by atoms with Crippen LogP contribution in [0.1, 0.15) is 51.9 Å². The summed E-state index contributed by atoms with van der Waals surface area (Å²) in [6.45, 7) is 3.39. The minimum absolute atomic E-state index is 0.0237. The van der Waals surface area contributed by atoms with Gasteiger partial charge in [0.05, 0.1) is 0 Å². The zero-order chi connectivity index (χ0) is 22.5. The molecule has 0 aliphatic carbocycles. The Balaban J connectivity index is 1.40. The average molecular weight is 435 g/mol. The van der Waals surface area contributed by atoms with Gasteiger partial charge in [-0.2, -0.15) is 5.10 Å². The van der Waals surface area contributed by atoms with Crippen LogP contribution in [0.4, 0.5) is 4.39 Å². The molecule has 2 heterocycles. The predicted octanol–water partition coefficient (Wildman–Crippen LogP) is 3.82. The molecule has 1 unspecified atom stereocenters. The van der Waals surface area contributed by atoms with Crippen molar-refractivity contribution in [3.05, 3.63) is 89.0 Å². The molecule has 7 heteroatoms. The quantitative estimate of drug-likeness (QED) is 0.615. The van der Waals surface area contributed by atoms with Crippen LogP contribution < -0.4 is 5.32 Å². The van der Waals surface area contributed by atoms with Crippen molar-refractivity contribution in [1.29, 1.82) is 0 Å². The summed E-state index contributed by atoms with van der Waals surface area (Å²) >= 11 is 0. The van der Waals surface area contributed by atoms with Gasteiger partial charge in [-0.3, -0.25) is 14.3 Å². The first kappa shape index (κ1) is 21.7. The molecular formula is C25H27FN4O2. The minimum atomic E-state index is -0.324. The molecule has 1 aromatic heterocycles. The van der Waals surface area contributed by atoms with E-state index in [0.717, 1.165) is 18.4 Å². The van der Waals surface area contributed by atoms with Crippen molar-refractivity contribution in [3.63, 3.8) is 0 Å². The monoisotopic (exact) mass is 434 g/mol. The van der Waals surface area contributed by atoms with Gasteiger partial charge in [-0.15, -0.1) is 0 Å². The van der Waals surface area contributed by atoms with Crippen LogP contribution in [0.3, 0.4) is 0 Å². The fourth-order valence-electron chi connectivity index (χ4n) is 3.95. The van der Waals surface area contributed by atoms with E-state index < -0.39 is 0 Å². The molecule has 0 bridgehead atoms. The van der Waals surface area contributed by atoms with Crippen molar-refractivity contribution in [1.82, 2.24) is 20.0 Å². The van der Waals surface area contributed by atoms with Crippen LogP contribution in [-0.2, 0) is 19.5 Å². The number of aryl methyl sites for hydroxylation is 2. The van der Waals surface area contributed by atoms with Crippen molar-refractivity contribution in [2.45, 2.75) is 45.3 Å². The lowest BCUT2D eigenvalue weighted by Gasteiger charge is -2.20. The predicted molar refractivity (Wildman–Crippen MR) is 120 cm³/mol. The second kappa shape index (κ2) is 9.77. The van der Waals surface area contributed by atoms with Gasteiger partial charge in [0.15, 0.2) is 5.69 Å². The number of rotatable bonds is 7. The molecule has 0 spiro atoms. The Morgan fingerprint density at radius 1 is 1.09 bits per heavy atom. The Hall–Kier alpha value is -3.48.